The number of allylic oxidation sites excluding steroid dienone is 1. The zero-order valence-electron chi connectivity index (χ0n) is 35.7. The van der Waals surface area contributed by atoms with E-state index < -0.39 is 77.7 Å². The molecule has 6 N–H and O–H groups in total. The molecule has 3 aliphatic heterocycles. The zero-order chi connectivity index (χ0) is 45.6. The summed E-state index contributed by atoms with van der Waals surface area (Å²) >= 11 is 0. The van der Waals surface area contributed by atoms with Gasteiger partial charge in [-0.05, 0) is 57.2 Å². The van der Waals surface area contributed by atoms with E-state index in [-0.39, 0.29) is 95.8 Å². The Balaban J connectivity index is 1.13. The molecule has 3 aliphatic rings. The van der Waals surface area contributed by atoms with Crippen molar-refractivity contribution in [1.29, 1.82) is 0 Å². The number of aromatic nitrogens is 2. The lowest BCUT2D eigenvalue weighted by atomic mass is 9.89. The highest BCUT2D eigenvalue weighted by atomic mass is 19.1. The van der Waals surface area contributed by atoms with Gasteiger partial charge in [-0.15, -0.1) is 0 Å². The predicted octanol–water partition coefficient (Wildman–Crippen LogP) is 2.77. The number of imide groups is 1. The maximum atomic E-state index is 15.2. The first-order valence-corrected chi connectivity index (χ1v) is 21.2. The van der Waals surface area contributed by atoms with E-state index in [2.05, 4.69) is 22.5 Å². The van der Waals surface area contributed by atoms with Gasteiger partial charge in [0.2, 0.25) is 11.8 Å². The molecule has 4 heterocycles. The van der Waals surface area contributed by atoms with Crippen LogP contribution in [-0.4, -0.2) is 152 Å². The van der Waals surface area contributed by atoms with Crippen LogP contribution in [0.15, 0.2) is 36.5 Å². The largest absolute Gasteiger partial charge is 0.480 e. The Morgan fingerprint density at radius 2 is 1.86 bits per heavy atom. The third-order valence-corrected chi connectivity index (χ3v) is 11.1. The Labute approximate surface area is 364 Å². The van der Waals surface area contributed by atoms with Gasteiger partial charge in [-0.2, -0.15) is 0 Å². The number of alkyl halides is 1. The first kappa shape index (κ1) is 48.9. The number of carboxylic acids is 1. The molecule has 5 amide bonds. The summed E-state index contributed by atoms with van der Waals surface area (Å²) in [5, 5.41) is 17.5. The molecule has 0 radical (unpaired) electrons. The number of nitrogens with zero attached hydrogens (tertiary/aromatic N) is 4. The number of hydrogen-bond donors (Lipinski definition) is 5. The van der Waals surface area contributed by atoms with Crippen LogP contribution in [0.2, 0.25) is 0 Å². The van der Waals surface area contributed by atoms with Crippen LogP contribution in [0.25, 0.3) is 11.3 Å². The number of rotatable bonds is 23. The molecule has 0 saturated carbocycles. The molecule has 1 aromatic carbocycles. The second kappa shape index (κ2) is 23.6. The topological polar surface area (TPSA) is 229 Å². The summed E-state index contributed by atoms with van der Waals surface area (Å²) in [6, 6.07) is -0.102. The Morgan fingerprint density at radius 3 is 2.54 bits per heavy atom. The number of carboxylic acid groups (broad SMARTS) is 1. The first-order valence-electron chi connectivity index (χ1n) is 21.2. The lowest BCUT2D eigenvalue weighted by molar-refractivity contribution is -0.140. The van der Waals surface area contributed by atoms with Gasteiger partial charge >= 0.3 is 18.1 Å². The number of carbonyl (C=O) groups is 5. The van der Waals surface area contributed by atoms with Crippen molar-refractivity contribution in [3.63, 3.8) is 0 Å². The summed E-state index contributed by atoms with van der Waals surface area (Å²) in [4.78, 5) is 70.1. The number of aliphatic carboxylic acids is 1. The highest BCUT2D eigenvalue weighted by molar-refractivity contribution is 6.03. The Morgan fingerprint density at radius 1 is 1.13 bits per heavy atom. The van der Waals surface area contributed by atoms with Crippen LogP contribution >= 0.6 is 0 Å². The van der Waals surface area contributed by atoms with E-state index in [1.54, 1.807) is 22.6 Å². The van der Waals surface area contributed by atoms with Gasteiger partial charge in [0, 0.05) is 76.0 Å². The molecule has 4 unspecified atom stereocenters. The fraction of sp³-hybridized carbons (Fsp3) is 0.619. The van der Waals surface area contributed by atoms with E-state index >= 15 is 8.78 Å². The monoisotopic (exact) mass is 892 g/mol. The third kappa shape index (κ3) is 13.9. The van der Waals surface area contributed by atoms with Crippen molar-refractivity contribution >= 4 is 29.9 Å². The minimum Gasteiger partial charge on any atom is -0.480 e. The SMILES string of the molecule is C=C(C)Cn1cc(-c2cc(F)ccc2F)nc1C(C1CCOCC1)N(CC1CNCC1F)C(=O)N[C@@H](C)COC(=O)NCCOCCOCCN1C(=O)CC(C[C@H](N)C(=O)O)C1=O. The molecule has 348 valence electrons. The highest BCUT2D eigenvalue weighted by Crippen LogP contribution is 2.38. The van der Waals surface area contributed by atoms with E-state index in [4.69, 9.17) is 34.8 Å². The average molecular weight is 893 g/mol. The number of amides is 5. The third-order valence-electron chi connectivity index (χ3n) is 11.1. The zero-order valence-corrected chi connectivity index (χ0v) is 35.7. The van der Waals surface area contributed by atoms with Crippen molar-refractivity contribution in [1.82, 2.24) is 35.3 Å². The molecule has 3 fully saturated rings. The maximum absolute atomic E-state index is 15.2. The van der Waals surface area contributed by atoms with Crippen LogP contribution in [0.3, 0.4) is 0 Å². The van der Waals surface area contributed by atoms with Crippen LogP contribution in [0.5, 0.6) is 0 Å². The lowest BCUT2D eigenvalue weighted by Gasteiger charge is -2.40. The van der Waals surface area contributed by atoms with Crippen LogP contribution in [-0.2, 0) is 39.9 Å². The number of ether oxygens (including phenoxy) is 4. The standard InChI is InChI=1S/C42H59F3N8O10/c1-25(2)21-51-23-35(31-18-30(43)4-5-32(31)44)50-38(51)37(27-6-10-60-11-7-27)53(22-29-19-47-20-33(29)45)41(58)49-26(3)24-63-42(59)48-8-12-61-14-15-62-13-9-52-36(54)17-28(39(52)55)16-34(46)40(56)57/h4-5,18,23,26-29,33-34,37,47H,1,6-17,19-22,24,46H2,2-3H3,(H,48,59)(H,49,58)(H,56,57)/t26-,28?,29?,33?,34-,37?/m0/s1. The van der Waals surface area contributed by atoms with E-state index in [1.807, 2.05) is 6.92 Å². The fourth-order valence-corrected chi connectivity index (χ4v) is 7.87. The fourth-order valence-electron chi connectivity index (χ4n) is 7.87. The molecular formula is C42H59F3N8O10. The quantitative estimate of drug-likeness (QED) is 0.0615. The van der Waals surface area contributed by atoms with Crippen LogP contribution in [0, 0.1) is 29.4 Å². The van der Waals surface area contributed by atoms with Crippen LogP contribution in [0.4, 0.5) is 22.8 Å². The van der Waals surface area contributed by atoms with Crippen LogP contribution < -0.4 is 21.7 Å². The molecular weight excluding hydrogens is 834 g/mol. The van der Waals surface area contributed by atoms with Crippen LogP contribution in [0.1, 0.15) is 51.4 Å². The molecule has 3 saturated heterocycles. The van der Waals surface area contributed by atoms with Crippen molar-refractivity contribution in [3.05, 3.63) is 54.0 Å². The lowest BCUT2D eigenvalue weighted by Crippen LogP contribution is -2.52. The van der Waals surface area contributed by atoms with Gasteiger partial charge in [0.05, 0.1) is 50.7 Å². The van der Waals surface area contributed by atoms with Crippen molar-refractivity contribution in [3.8, 4) is 11.3 Å². The number of nitrogens with one attached hydrogen (secondary N) is 3. The molecule has 0 spiro atoms. The van der Waals surface area contributed by atoms with Gasteiger partial charge in [0.1, 0.15) is 36.3 Å². The summed E-state index contributed by atoms with van der Waals surface area (Å²) < 4.78 is 68.4. The summed E-state index contributed by atoms with van der Waals surface area (Å²) in [5.41, 5.74) is 6.38. The Hall–Kier alpha value is -5.09. The van der Waals surface area contributed by atoms with Crippen molar-refractivity contribution in [2.24, 2.45) is 23.5 Å². The van der Waals surface area contributed by atoms with Gasteiger partial charge in [0.25, 0.3) is 0 Å². The van der Waals surface area contributed by atoms with Gasteiger partial charge < -0.3 is 55.2 Å². The van der Waals surface area contributed by atoms with E-state index in [1.165, 1.54) is 0 Å². The van der Waals surface area contributed by atoms with Gasteiger partial charge in [0.15, 0.2) is 0 Å². The number of imidazole rings is 1. The summed E-state index contributed by atoms with van der Waals surface area (Å²) in [7, 11) is 0. The molecule has 1 aromatic heterocycles. The number of nitrogens with two attached hydrogens (primary N) is 1. The number of likely N-dealkylation sites (tertiary alicyclic amines) is 1. The second-order valence-corrected chi connectivity index (χ2v) is 16.2. The number of hydrogen-bond acceptors (Lipinski definition) is 12. The molecule has 6 atom stereocenters. The summed E-state index contributed by atoms with van der Waals surface area (Å²) in [6.45, 7) is 9.45. The van der Waals surface area contributed by atoms with E-state index in [0.717, 1.165) is 28.7 Å². The smallest absolute Gasteiger partial charge is 0.407 e. The number of carbonyl (C=O) groups excluding carboxylic acids is 4. The summed E-state index contributed by atoms with van der Waals surface area (Å²) in [6.07, 6.45) is 0.502. The van der Waals surface area contributed by atoms with Gasteiger partial charge in [-0.25, -0.2) is 27.7 Å². The molecule has 0 bridgehead atoms. The summed E-state index contributed by atoms with van der Waals surface area (Å²) in [5.74, 6) is -4.56. The minimum atomic E-state index is -1.24. The highest BCUT2D eigenvalue weighted by Gasteiger charge is 2.41. The van der Waals surface area contributed by atoms with E-state index in [9.17, 15) is 28.4 Å². The minimum absolute atomic E-state index is 0.00863. The molecule has 21 heteroatoms. The number of alkyl carbamates (subject to hydrolysis) is 1. The second-order valence-electron chi connectivity index (χ2n) is 16.2. The predicted molar refractivity (Wildman–Crippen MR) is 221 cm³/mol. The normalized spacial score (nSPS) is 20.7. The Bertz CT molecular complexity index is 1920. The number of halogens is 3. The Kier molecular flexibility index (Phi) is 18.3. The number of benzene rings is 1. The van der Waals surface area contributed by atoms with Crippen molar-refractivity contribution in [2.45, 2.75) is 70.4 Å². The van der Waals surface area contributed by atoms with Crippen molar-refractivity contribution < 1.29 is 61.2 Å². The van der Waals surface area contributed by atoms with Gasteiger partial charge in [-0.1, -0.05) is 12.2 Å². The molecule has 0 aliphatic carbocycles. The van der Waals surface area contributed by atoms with Crippen molar-refractivity contribution in [2.75, 3.05) is 79.0 Å². The van der Waals surface area contributed by atoms with E-state index in [0.29, 0.717) is 38.4 Å². The molecule has 2 aromatic rings. The molecule has 63 heavy (non-hydrogen) atoms. The van der Waals surface area contributed by atoms with Gasteiger partial charge in [-0.3, -0.25) is 19.3 Å². The maximum Gasteiger partial charge on any atom is 0.407 e. The number of urea groups is 1. The first-order chi connectivity index (χ1) is 30.1. The average Bonchev–Trinajstić information content (AvgIpc) is 3.92. The molecule has 18 nitrogen and oxygen atoms in total. The molecule has 5 rings (SSSR count).